The van der Waals surface area contributed by atoms with Crippen molar-refractivity contribution in [3.05, 3.63) is 36.2 Å². The van der Waals surface area contributed by atoms with Crippen molar-refractivity contribution in [2.75, 3.05) is 17.7 Å². The fourth-order valence-electron chi connectivity index (χ4n) is 1.45. The van der Waals surface area contributed by atoms with Gasteiger partial charge in [-0.1, -0.05) is 5.16 Å². The monoisotopic (exact) mass is 233 g/mol. The molecule has 1 aromatic heterocycles. The molecule has 0 aliphatic carbocycles. The minimum atomic E-state index is 0.594. The number of rotatable bonds is 5. The van der Waals surface area contributed by atoms with Crippen molar-refractivity contribution in [1.82, 2.24) is 5.16 Å². The third kappa shape index (κ3) is 2.90. The average Bonchev–Trinajstić information content (AvgIpc) is 2.83. The van der Waals surface area contributed by atoms with Crippen molar-refractivity contribution in [1.29, 1.82) is 0 Å². The quantitative estimate of drug-likeness (QED) is 0.775. The Morgan fingerprint density at radius 2 is 2.29 bits per heavy atom. The topological polar surface area (TPSA) is 73.3 Å². The van der Waals surface area contributed by atoms with Crippen LogP contribution in [0.2, 0.25) is 0 Å². The maximum Gasteiger partial charge on any atom is 0.144 e. The molecule has 2 aromatic rings. The highest BCUT2D eigenvalue weighted by Gasteiger charge is 2.02. The lowest BCUT2D eigenvalue weighted by Crippen LogP contribution is -2.02. The van der Waals surface area contributed by atoms with E-state index in [2.05, 4.69) is 10.5 Å². The summed E-state index contributed by atoms with van der Waals surface area (Å²) in [5, 5.41) is 7.03. The molecule has 0 amide bonds. The Morgan fingerprint density at radius 1 is 1.41 bits per heavy atom. The van der Waals surface area contributed by atoms with Gasteiger partial charge in [0.1, 0.15) is 17.7 Å². The smallest absolute Gasteiger partial charge is 0.144 e. The van der Waals surface area contributed by atoms with Gasteiger partial charge in [0.05, 0.1) is 18.8 Å². The first-order chi connectivity index (χ1) is 8.29. The summed E-state index contributed by atoms with van der Waals surface area (Å²) in [5.74, 6) is 0.692. The molecule has 2 rings (SSSR count). The van der Waals surface area contributed by atoms with Gasteiger partial charge in [-0.3, -0.25) is 0 Å². The van der Waals surface area contributed by atoms with Gasteiger partial charge in [0.2, 0.25) is 0 Å². The van der Waals surface area contributed by atoms with Gasteiger partial charge in [-0.25, -0.2) is 0 Å². The van der Waals surface area contributed by atoms with E-state index in [0.29, 0.717) is 24.6 Å². The number of hydrogen-bond donors (Lipinski definition) is 2. The molecule has 0 bridgehead atoms. The van der Waals surface area contributed by atoms with Gasteiger partial charge < -0.3 is 20.3 Å². The third-order valence-corrected chi connectivity index (χ3v) is 2.28. The number of ether oxygens (including phenoxy) is 1. The van der Waals surface area contributed by atoms with Crippen molar-refractivity contribution >= 4 is 11.4 Å². The van der Waals surface area contributed by atoms with E-state index in [4.69, 9.17) is 15.0 Å². The molecular formula is C12H15N3O2. The van der Waals surface area contributed by atoms with Crippen LogP contribution in [0.1, 0.15) is 12.6 Å². The van der Waals surface area contributed by atoms with E-state index >= 15 is 0 Å². The van der Waals surface area contributed by atoms with Crippen LogP contribution in [0, 0.1) is 0 Å². The molecule has 0 fully saturated rings. The summed E-state index contributed by atoms with van der Waals surface area (Å²) < 4.78 is 10.2. The first kappa shape index (κ1) is 11.3. The van der Waals surface area contributed by atoms with Crippen LogP contribution in [-0.2, 0) is 6.54 Å². The highest BCUT2D eigenvalue weighted by molar-refractivity contribution is 5.61. The maximum absolute atomic E-state index is 5.79. The number of benzene rings is 1. The van der Waals surface area contributed by atoms with Crippen molar-refractivity contribution in [3.8, 4) is 5.75 Å². The Bertz CT molecular complexity index is 469. The summed E-state index contributed by atoms with van der Waals surface area (Å²) >= 11 is 0. The minimum absolute atomic E-state index is 0.594. The normalized spacial score (nSPS) is 10.2. The molecule has 0 atom stereocenters. The number of hydrogen-bond acceptors (Lipinski definition) is 5. The fraction of sp³-hybridized carbons (Fsp3) is 0.250. The van der Waals surface area contributed by atoms with Gasteiger partial charge in [-0.15, -0.1) is 0 Å². The third-order valence-electron chi connectivity index (χ3n) is 2.28. The standard InChI is InChI=1S/C12H15N3O2/c1-2-16-12-7-9(3-4-11(12)13)14-8-10-5-6-17-15-10/h3-7,14H,2,8,13H2,1H3. The second-order valence-corrected chi connectivity index (χ2v) is 3.53. The summed E-state index contributed by atoms with van der Waals surface area (Å²) in [6, 6.07) is 7.40. The molecular weight excluding hydrogens is 218 g/mol. The molecule has 0 saturated carbocycles. The van der Waals surface area contributed by atoms with Crippen LogP contribution in [-0.4, -0.2) is 11.8 Å². The second kappa shape index (κ2) is 5.25. The molecule has 0 saturated heterocycles. The lowest BCUT2D eigenvalue weighted by Gasteiger charge is -2.10. The first-order valence-electron chi connectivity index (χ1n) is 5.45. The molecule has 5 nitrogen and oxygen atoms in total. The number of aromatic nitrogens is 1. The van der Waals surface area contributed by atoms with Crippen LogP contribution < -0.4 is 15.8 Å². The number of nitrogen functional groups attached to an aromatic ring is 1. The average molecular weight is 233 g/mol. The van der Waals surface area contributed by atoms with Crippen LogP contribution in [0.3, 0.4) is 0 Å². The van der Waals surface area contributed by atoms with Crippen LogP contribution in [0.15, 0.2) is 35.1 Å². The van der Waals surface area contributed by atoms with Gasteiger partial charge in [-0.2, -0.15) is 0 Å². The lowest BCUT2D eigenvalue weighted by atomic mass is 10.2. The van der Waals surface area contributed by atoms with E-state index in [-0.39, 0.29) is 0 Å². The van der Waals surface area contributed by atoms with Crippen LogP contribution in [0.5, 0.6) is 5.75 Å². The Hall–Kier alpha value is -2.17. The molecule has 17 heavy (non-hydrogen) atoms. The second-order valence-electron chi connectivity index (χ2n) is 3.53. The molecule has 1 aromatic carbocycles. The van der Waals surface area contributed by atoms with Crippen LogP contribution >= 0.6 is 0 Å². The van der Waals surface area contributed by atoms with Gasteiger partial charge in [0.25, 0.3) is 0 Å². The molecule has 0 unspecified atom stereocenters. The molecule has 90 valence electrons. The summed E-state index contributed by atoms with van der Waals surface area (Å²) in [6.45, 7) is 3.12. The van der Waals surface area contributed by atoms with Crippen LogP contribution in [0.4, 0.5) is 11.4 Å². The predicted molar refractivity (Wildman–Crippen MR) is 65.9 cm³/mol. The van der Waals surface area contributed by atoms with Crippen molar-refractivity contribution < 1.29 is 9.26 Å². The minimum Gasteiger partial charge on any atom is -0.492 e. The van der Waals surface area contributed by atoms with Crippen LogP contribution in [0.25, 0.3) is 0 Å². The first-order valence-corrected chi connectivity index (χ1v) is 5.45. The highest BCUT2D eigenvalue weighted by atomic mass is 16.5. The molecule has 0 spiro atoms. The van der Waals surface area contributed by atoms with E-state index in [9.17, 15) is 0 Å². The van der Waals surface area contributed by atoms with E-state index in [1.807, 2.05) is 31.2 Å². The van der Waals surface area contributed by atoms with Gasteiger partial charge >= 0.3 is 0 Å². The zero-order chi connectivity index (χ0) is 12.1. The van der Waals surface area contributed by atoms with Crippen molar-refractivity contribution in [2.45, 2.75) is 13.5 Å². The fourth-order valence-corrected chi connectivity index (χ4v) is 1.45. The summed E-state index contributed by atoms with van der Waals surface area (Å²) in [7, 11) is 0. The predicted octanol–water partition coefficient (Wildman–Crippen LogP) is 2.27. The van der Waals surface area contributed by atoms with E-state index < -0.39 is 0 Å². The molecule has 1 heterocycles. The Labute approximate surface area is 99.6 Å². The highest BCUT2D eigenvalue weighted by Crippen LogP contribution is 2.25. The lowest BCUT2D eigenvalue weighted by molar-refractivity contribution is 0.342. The summed E-state index contributed by atoms with van der Waals surface area (Å²) in [6.07, 6.45) is 1.55. The van der Waals surface area contributed by atoms with Gasteiger partial charge in [-0.05, 0) is 19.1 Å². The summed E-state index contributed by atoms with van der Waals surface area (Å²) in [4.78, 5) is 0. The van der Waals surface area contributed by atoms with Crippen molar-refractivity contribution in [2.24, 2.45) is 0 Å². The number of anilines is 2. The van der Waals surface area contributed by atoms with Gasteiger partial charge in [0, 0.05) is 17.8 Å². The zero-order valence-electron chi connectivity index (χ0n) is 9.64. The Morgan fingerprint density at radius 3 is 3.00 bits per heavy atom. The summed E-state index contributed by atoms with van der Waals surface area (Å²) in [5.41, 5.74) is 8.21. The zero-order valence-corrected chi connectivity index (χ0v) is 9.64. The SMILES string of the molecule is CCOc1cc(NCc2ccon2)ccc1N. The maximum atomic E-state index is 5.79. The molecule has 0 aliphatic heterocycles. The Kier molecular flexibility index (Phi) is 3.49. The number of nitrogens with one attached hydrogen (secondary N) is 1. The molecule has 0 radical (unpaired) electrons. The Balaban J connectivity index is 2.03. The van der Waals surface area contributed by atoms with E-state index in [0.717, 1.165) is 11.4 Å². The molecule has 5 heteroatoms. The van der Waals surface area contributed by atoms with E-state index in [1.165, 1.54) is 0 Å². The number of nitrogens with two attached hydrogens (primary N) is 1. The molecule has 0 aliphatic rings. The number of nitrogens with zero attached hydrogens (tertiary/aromatic N) is 1. The largest absolute Gasteiger partial charge is 0.492 e. The van der Waals surface area contributed by atoms with Crippen molar-refractivity contribution in [3.63, 3.8) is 0 Å². The molecule has 3 N–H and O–H groups in total. The van der Waals surface area contributed by atoms with E-state index in [1.54, 1.807) is 6.26 Å². The van der Waals surface area contributed by atoms with Gasteiger partial charge in [0.15, 0.2) is 0 Å².